The third kappa shape index (κ3) is 2.27. The highest BCUT2D eigenvalue weighted by Crippen LogP contribution is 2.25. The minimum absolute atomic E-state index is 0.603. The maximum Gasteiger partial charge on any atom is 0.222 e. The van der Waals surface area contributed by atoms with E-state index in [4.69, 9.17) is 4.98 Å². The Morgan fingerprint density at radius 3 is 2.72 bits per heavy atom. The first-order valence-electron chi connectivity index (χ1n) is 8.02. The number of nitrogens with zero attached hydrogens (tertiary/aromatic N) is 5. The van der Waals surface area contributed by atoms with E-state index in [1.54, 1.807) is 4.52 Å². The van der Waals surface area contributed by atoms with Gasteiger partial charge in [-0.05, 0) is 58.0 Å². The number of benzene rings is 3. The molecule has 5 aromatic rings. The van der Waals surface area contributed by atoms with Gasteiger partial charge in [0, 0.05) is 5.69 Å². The molecule has 25 heavy (non-hydrogen) atoms. The minimum atomic E-state index is 0.603. The first-order chi connectivity index (χ1) is 12.3. The molecule has 3 aromatic carbocycles. The summed E-state index contributed by atoms with van der Waals surface area (Å²) < 4.78 is 1.72. The Bertz CT molecular complexity index is 1240. The van der Waals surface area contributed by atoms with E-state index in [1.807, 2.05) is 43.3 Å². The van der Waals surface area contributed by atoms with Crippen LogP contribution in [0.15, 0.2) is 60.7 Å². The Morgan fingerprint density at radius 1 is 0.920 bits per heavy atom. The first-order valence-corrected chi connectivity index (χ1v) is 8.02. The molecule has 0 unspecified atom stereocenters. The SMILES string of the molecule is Cc1ccc2nc(Nc3ccc4ccccc4c3)c3nnnn3c2c1. The summed E-state index contributed by atoms with van der Waals surface area (Å²) in [6.45, 7) is 2.04. The molecular weight excluding hydrogens is 312 g/mol. The van der Waals surface area contributed by atoms with Crippen LogP contribution in [0.1, 0.15) is 5.56 Å². The van der Waals surface area contributed by atoms with Crippen molar-refractivity contribution in [3.05, 3.63) is 66.2 Å². The molecule has 0 amide bonds. The highest BCUT2D eigenvalue weighted by atomic mass is 15.5. The monoisotopic (exact) mass is 326 g/mol. The number of fused-ring (bicyclic) bond motifs is 4. The lowest BCUT2D eigenvalue weighted by molar-refractivity contribution is 0.840. The lowest BCUT2D eigenvalue weighted by atomic mass is 10.1. The number of tetrazole rings is 1. The molecule has 0 radical (unpaired) electrons. The molecule has 5 rings (SSSR count). The third-order valence-electron chi connectivity index (χ3n) is 4.28. The molecule has 0 bridgehead atoms. The van der Waals surface area contributed by atoms with Gasteiger partial charge in [0.1, 0.15) is 0 Å². The maximum absolute atomic E-state index is 4.72. The minimum Gasteiger partial charge on any atom is -0.337 e. The summed E-state index contributed by atoms with van der Waals surface area (Å²) >= 11 is 0. The lowest BCUT2D eigenvalue weighted by Crippen LogP contribution is -2.01. The molecular formula is C19H14N6. The summed E-state index contributed by atoms with van der Waals surface area (Å²) in [4.78, 5) is 4.72. The summed E-state index contributed by atoms with van der Waals surface area (Å²) in [5.74, 6) is 0.636. The molecule has 6 heteroatoms. The van der Waals surface area contributed by atoms with Gasteiger partial charge in [-0.1, -0.05) is 36.4 Å². The zero-order chi connectivity index (χ0) is 16.8. The highest BCUT2D eigenvalue weighted by molar-refractivity contribution is 5.88. The van der Waals surface area contributed by atoms with Gasteiger partial charge in [0.15, 0.2) is 5.82 Å². The average molecular weight is 326 g/mol. The quantitative estimate of drug-likeness (QED) is 0.533. The number of hydrogen-bond donors (Lipinski definition) is 1. The molecule has 1 N–H and O–H groups in total. The number of anilines is 2. The van der Waals surface area contributed by atoms with Gasteiger partial charge in [0.2, 0.25) is 5.65 Å². The summed E-state index contributed by atoms with van der Waals surface area (Å²) in [5.41, 5.74) is 4.42. The smallest absolute Gasteiger partial charge is 0.222 e. The zero-order valence-corrected chi connectivity index (χ0v) is 13.5. The Morgan fingerprint density at radius 2 is 1.80 bits per heavy atom. The van der Waals surface area contributed by atoms with Gasteiger partial charge in [-0.15, -0.1) is 5.10 Å². The number of aromatic nitrogens is 5. The Labute approximate surface area is 143 Å². The van der Waals surface area contributed by atoms with Crippen molar-refractivity contribution in [3.8, 4) is 0 Å². The third-order valence-corrected chi connectivity index (χ3v) is 4.28. The predicted octanol–water partition coefficient (Wildman–Crippen LogP) is 3.88. The van der Waals surface area contributed by atoms with E-state index >= 15 is 0 Å². The van der Waals surface area contributed by atoms with Crippen LogP contribution >= 0.6 is 0 Å². The van der Waals surface area contributed by atoms with Crippen LogP contribution in [0, 0.1) is 6.92 Å². The van der Waals surface area contributed by atoms with Crippen molar-refractivity contribution in [3.63, 3.8) is 0 Å². The Kier molecular flexibility index (Phi) is 2.90. The first kappa shape index (κ1) is 13.9. The predicted molar refractivity (Wildman–Crippen MR) is 98.1 cm³/mol. The van der Waals surface area contributed by atoms with Crippen molar-refractivity contribution in [2.45, 2.75) is 6.92 Å². The Hall–Kier alpha value is -3.54. The molecule has 0 saturated heterocycles. The topological polar surface area (TPSA) is 68.0 Å². The molecule has 0 aliphatic heterocycles. The standard InChI is InChI=1S/C19H14N6/c1-12-6-9-16-17(10-12)25-19(22-23-24-25)18(21-16)20-15-8-7-13-4-2-3-5-14(13)11-15/h2-11H,1H3,(H,20,21). The Balaban J connectivity index is 1.68. The van der Waals surface area contributed by atoms with E-state index in [-0.39, 0.29) is 0 Å². The van der Waals surface area contributed by atoms with E-state index in [2.05, 4.69) is 45.1 Å². The molecule has 6 nitrogen and oxygen atoms in total. The molecule has 2 aromatic heterocycles. The van der Waals surface area contributed by atoms with E-state index in [0.717, 1.165) is 22.3 Å². The fourth-order valence-electron chi connectivity index (χ4n) is 3.05. The van der Waals surface area contributed by atoms with E-state index in [1.165, 1.54) is 10.8 Å². The zero-order valence-electron chi connectivity index (χ0n) is 13.5. The van der Waals surface area contributed by atoms with Crippen LogP contribution < -0.4 is 5.32 Å². The van der Waals surface area contributed by atoms with Crippen molar-refractivity contribution in [2.75, 3.05) is 5.32 Å². The van der Waals surface area contributed by atoms with Crippen molar-refractivity contribution >= 4 is 39.0 Å². The summed E-state index contributed by atoms with van der Waals surface area (Å²) in [5, 5.41) is 17.8. The fraction of sp³-hybridized carbons (Fsp3) is 0.0526. The number of hydrogen-bond acceptors (Lipinski definition) is 5. The molecule has 0 fully saturated rings. The second-order valence-electron chi connectivity index (χ2n) is 6.05. The highest BCUT2D eigenvalue weighted by Gasteiger charge is 2.12. The molecule has 0 saturated carbocycles. The van der Waals surface area contributed by atoms with Gasteiger partial charge in [0.25, 0.3) is 0 Å². The van der Waals surface area contributed by atoms with Gasteiger partial charge < -0.3 is 5.32 Å². The van der Waals surface area contributed by atoms with Crippen LogP contribution in [-0.4, -0.2) is 25.0 Å². The molecule has 0 aliphatic carbocycles. The maximum atomic E-state index is 4.72. The van der Waals surface area contributed by atoms with Crippen LogP contribution in [0.2, 0.25) is 0 Å². The van der Waals surface area contributed by atoms with Gasteiger partial charge >= 0.3 is 0 Å². The molecule has 120 valence electrons. The van der Waals surface area contributed by atoms with Crippen LogP contribution in [0.5, 0.6) is 0 Å². The lowest BCUT2D eigenvalue weighted by Gasteiger charge is -2.09. The summed E-state index contributed by atoms with van der Waals surface area (Å²) in [6, 6.07) is 20.5. The van der Waals surface area contributed by atoms with Crippen LogP contribution in [0.25, 0.3) is 27.5 Å². The number of rotatable bonds is 2. The molecule has 2 heterocycles. The summed E-state index contributed by atoms with van der Waals surface area (Å²) in [7, 11) is 0. The normalized spacial score (nSPS) is 11.4. The number of nitrogens with one attached hydrogen (secondary N) is 1. The molecule has 0 atom stereocenters. The van der Waals surface area contributed by atoms with Gasteiger partial charge in [0.05, 0.1) is 11.0 Å². The fourth-order valence-corrected chi connectivity index (χ4v) is 3.05. The number of aryl methyl sites for hydroxylation is 1. The van der Waals surface area contributed by atoms with E-state index in [9.17, 15) is 0 Å². The second-order valence-corrected chi connectivity index (χ2v) is 6.05. The average Bonchev–Trinajstić information content (AvgIpc) is 3.13. The van der Waals surface area contributed by atoms with E-state index in [0.29, 0.717) is 11.5 Å². The summed E-state index contributed by atoms with van der Waals surface area (Å²) in [6.07, 6.45) is 0. The second kappa shape index (κ2) is 5.24. The largest absolute Gasteiger partial charge is 0.337 e. The van der Waals surface area contributed by atoms with E-state index < -0.39 is 0 Å². The van der Waals surface area contributed by atoms with Crippen LogP contribution in [-0.2, 0) is 0 Å². The van der Waals surface area contributed by atoms with Crippen molar-refractivity contribution in [1.82, 2.24) is 25.0 Å². The van der Waals surface area contributed by atoms with Gasteiger partial charge in [-0.3, -0.25) is 0 Å². The molecule has 0 spiro atoms. The van der Waals surface area contributed by atoms with Crippen molar-refractivity contribution < 1.29 is 0 Å². The van der Waals surface area contributed by atoms with Gasteiger partial charge in [-0.2, -0.15) is 4.52 Å². The van der Waals surface area contributed by atoms with Crippen molar-refractivity contribution in [2.24, 2.45) is 0 Å². The van der Waals surface area contributed by atoms with Crippen molar-refractivity contribution in [1.29, 1.82) is 0 Å². The molecule has 0 aliphatic rings. The van der Waals surface area contributed by atoms with Crippen LogP contribution in [0.3, 0.4) is 0 Å². The van der Waals surface area contributed by atoms with Gasteiger partial charge in [-0.25, -0.2) is 4.98 Å². The van der Waals surface area contributed by atoms with Crippen LogP contribution in [0.4, 0.5) is 11.5 Å².